The minimum Gasteiger partial charge on any atom is -0.447 e. The molecule has 0 radical (unpaired) electrons. The van der Waals surface area contributed by atoms with Gasteiger partial charge in [-0.1, -0.05) is 0 Å². The number of oxazole rings is 1. The average molecular weight is 260 g/mol. The molecule has 0 amide bonds. The second-order valence-electron chi connectivity index (χ2n) is 5.24. The Bertz CT molecular complexity index is 471. The molecule has 0 aliphatic rings. The van der Waals surface area contributed by atoms with Crippen LogP contribution in [0, 0.1) is 0 Å². The third kappa shape index (κ3) is 4.12. The Labute approximate surface area is 103 Å². The van der Waals surface area contributed by atoms with Crippen molar-refractivity contribution >= 4 is 9.84 Å². The molecule has 0 saturated heterocycles. The Morgan fingerprint density at radius 2 is 2.06 bits per heavy atom. The van der Waals surface area contributed by atoms with Gasteiger partial charge in [-0.2, -0.15) is 0 Å². The molecule has 1 aromatic heterocycles. The molecule has 0 spiro atoms. The summed E-state index contributed by atoms with van der Waals surface area (Å²) in [7, 11) is -3.16. The highest BCUT2D eigenvalue weighted by atomic mass is 32.2. The van der Waals surface area contributed by atoms with E-state index in [1.165, 1.54) is 12.6 Å². The van der Waals surface area contributed by atoms with Crippen molar-refractivity contribution in [3.05, 3.63) is 17.8 Å². The fourth-order valence-corrected chi connectivity index (χ4v) is 1.87. The van der Waals surface area contributed by atoms with Crippen LogP contribution in [0.1, 0.15) is 44.4 Å². The van der Waals surface area contributed by atoms with E-state index in [1.54, 1.807) is 6.92 Å². The minimum atomic E-state index is -3.16. The molecule has 6 heteroatoms. The van der Waals surface area contributed by atoms with E-state index < -0.39 is 15.1 Å². The molecule has 0 fully saturated rings. The van der Waals surface area contributed by atoms with Crippen LogP contribution in [-0.4, -0.2) is 25.2 Å². The first kappa shape index (κ1) is 14.2. The fourth-order valence-electron chi connectivity index (χ4n) is 1.28. The second-order valence-corrected chi connectivity index (χ2v) is 7.60. The molecule has 0 saturated carbocycles. The summed E-state index contributed by atoms with van der Waals surface area (Å²) in [5.41, 5.74) is 0.600. The average Bonchev–Trinajstić information content (AvgIpc) is 2.58. The zero-order chi connectivity index (χ0) is 13.3. The number of hydrogen-bond acceptors (Lipinski definition) is 5. The van der Waals surface area contributed by atoms with Crippen molar-refractivity contribution in [3.63, 3.8) is 0 Å². The van der Waals surface area contributed by atoms with Crippen LogP contribution < -0.4 is 5.32 Å². The van der Waals surface area contributed by atoms with Gasteiger partial charge < -0.3 is 9.73 Å². The van der Waals surface area contributed by atoms with E-state index in [4.69, 9.17) is 4.42 Å². The molecule has 1 heterocycles. The number of nitrogens with one attached hydrogen (secondary N) is 1. The van der Waals surface area contributed by atoms with Crippen molar-refractivity contribution in [3.8, 4) is 0 Å². The molecule has 1 N–H and O–H groups in total. The molecule has 0 bridgehead atoms. The molecular weight excluding hydrogens is 240 g/mol. The van der Waals surface area contributed by atoms with Gasteiger partial charge in [0.1, 0.15) is 11.0 Å². The van der Waals surface area contributed by atoms with Gasteiger partial charge in [0.05, 0.1) is 5.69 Å². The third-order valence-corrected chi connectivity index (χ3v) is 3.97. The van der Waals surface area contributed by atoms with Crippen molar-refractivity contribution in [2.45, 2.75) is 45.0 Å². The van der Waals surface area contributed by atoms with E-state index in [2.05, 4.69) is 10.3 Å². The van der Waals surface area contributed by atoms with Crippen molar-refractivity contribution in [2.24, 2.45) is 0 Å². The lowest BCUT2D eigenvalue weighted by atomic mass is 10.1. The van der Waals surface area contributed by atoms with Crippen LogP contribution in [-0.2, 0) is 16.4 Å². The number of aromatic nitrogens is 1. The number of sulfone groups is 1. The highest BCUT2D eigenvalue weighted by molar-refractivity contribution is 7.90. The molecule has 0 aromatic carbocycles. The zero-order valence-electron chi connectivity index (χ0n) is 10.9. The van der Waals surface area contributed by atoms with E-state index in [0.717, 1.165) is 0 Å². The first-order valence-corrected chi connectivity index (χ1v) is 7.43. The fraction of sp³-hybridized carbons (Fsp3) is 0.727. The topological polar surface area (TPSA) is 72.2 Å². The van der Waals surface area contributed by atoms with Crippen molar-refractivity contribution in [1.29, 1.82) is 0 Å². The summed E-state index contributed by atoms with van der Waals surface area (Å²) in [6.07, 6.45) is 2.48. The van der Waals surface area contributed by atoms with Crippen LogP contribution >= 0.6 is 0 Å². The highest BCUT2D eigenvalue weighted by Gasteiger charge is 2.25. The molecule has 98 valence electrons. The summed E-state index contributed by atoms with van der Waals surface area (Å²) in [6.45, 7) is 8.21. The van der Waals surface area contributed by atoms with Gasteiger partial charge in [-0.15, -0.1) is 0 Å². The molecule has 1 rings (SSSR count). The summed E-state index contributed by atoms with van der Waals surface area (Å²) in [5, 5.41) is 2.59. The minimum absolute atomic E-state index is 0.0510. The summed E-state index contributed by atoms with van der Waals surface area (Å²) in [5.74, 6) is 0.421. The van der Waals surface area contributed by atoms with Gasteiger partial charge in [0.15, 0.2) is 16.2 Å². The Hall–Kier alpha value is -0.880. The van der Waals surface area contributed by atoms with Crippen LogP contribution in [0.15, 0.2) is 10.8 Å². The monoisotopic (exact) mass is 260 g/mol. The van der Waals surface area contributed by atoms with E-state index in [-0.39, 0.29) is 5.54 Å². The Morgan fingerprint density at radius 3 is 2.53 bits per heavy atom. The van der Waals surface area contributed by atoms with Crippen LogP contribution in [0.3, 0.4) is 0 Å². The standard InChI is InChI=1S/C11H20N2O3S/c1-8(17(5,14)15)10-9(12-7-16-10)6-13-11(2,3)4/h7-8,13H,6H2,1-5H3. The molecule has 1 atom stereocenters. The molecular formula is C11H20N2O3S. The van der Waals surface area contributed by atoms with Crippen molar-refractivity contribution < 1.29 is 12.8 Å². The van der Waals surface area contributed by atoms with Crippen molar-refractivity contribution in [2.75, 3.05) is 6.26 Å². The quantitative estimate of drug-likeness (QED) is 0.891. The van der Waals surface area contributed by atoms with Gasteiger partial charge in [0, 0.05) is 18.3 Å². The maximum Gasteiger partial charge on any atom is 0.181 e. The molecule has 5 nitrogen and oxygen atoms in total. The van der Waals surface area contributed by atoms with Gasteiger partial charge in [-0.25, -0.2) is 13.4 Å². The van der Waals surface area contributed by atoms with Crippen LogP contribution in [0.2, 0.25) is 0 Å². The lowest BCUT2D eigenvalue weighted by Gasteiger charge is -2.20. The van der Waals surface area contributed by atoms with E-state index in [1.807, 2.05) is 20.8 Å². The summed E-state index contributed by atoms with van der Waals surface area (Å²) in [4.78, 5) is 4.06. The number of rotatable bonds is 4. The van der Waals surface area contributed by atoms with Gasteiger partial charge in [0.25, 0.3) is 0 Å². The van der Waals surface area contributed by atoms with E-state index >= 15 is 0 Å². The Morgan fingerprint density at radius 1 is 1.47 bits per heavy atom. The van der Waals surface area contributed by atoms with E-state index in [9.17, 15) is 8.42 Å². The Balaban J connectivity index is 2.87. The van der Waals surface area contributed by atoms with Crippen LogP contribution in [0.25, 0.3) is 0 Å². The molecule has 0 aliphatic carbocycles. The largest absolute Gasteiger partial charge is 0.447 e. The van der Waals surface area contributed by atoms with Gasteiger partial charge in [-0.05, 0) is 27.7 Å². The third-order valence-electron chi connectivity index (χ3n) is 2.47. The van der Waals surface area contributed by atoms with Gasteiger partial charge in [-0.3, -0.25) is 0 Å². The highest BCUT2D eigenvalue weighted by Crippen LogP contribution is 2.24. The predicted molar refractivity (Wildman–Crippen MR) is 66.4 cm³/mol. The first-order chi connectivity index (χ1) is 7.61. The van der Waals surface area contributed by atoms with Crippen LogP contribution in [0.5, 0.6) is 0 Å². The summed E-state index contributed by atoms with van der Waals surface area (Å²) < 4.78 is 28.1. The molecule has 1 aromatic rings. The lowest BCUT2D eigenvalue weighted by Crippen LogP contribution is -2.35. The molecule has 1 unspecified atom stereocenters. The van der Waals surface area contributed by atoms with E-state index in [0.29, 0.717) is 18.0 Å². The lowest BCUT2D eigenvalue weighted by molar-refractivity contribution is 0.417. The first-order valence-electron chi connectivity index (χ1n) is 5.47. The second kappa shape index (κ2) is 4.78. The Kier molecular flexibility index (Phi) is 3.99. The van der Waals surface area contributed by atoms with Gasteiger partial charge >= 0.3 is 0 Å². The van der Waals surface area contributed by atoms with Crippen LogP contribution in [0.4, 0.5) is 0 Å². The molecule has 0 aliphatic heterocycles. The zero-order valence-corrected chi connectivity index (χ0v) is 11.8. The SMILES string of the molecule is CC(c1ocnc1CNC(C)(C)C)S(C)(=O)=O. The maximum absolute atomic E-state index is 11.5. The maximum atomic E-state index is 11.5. The smallest absolute Gasteiger partial charge is 0.181 e. The number of hydrogen-bond donors (Lipinski definition) is 1. The van der Waals surface area contributed by atoms with Gasteiger partial charge in [0.2, 0.25) is 0 Å². The van der Waals surface area contributed by atoms with Crippen molar-refractivity contribution in [1.82, 2.24) is 10.3 Å². The number of nitrogens with zero attached hydrogens (tertiary/aromatic N) is 1. The normalized spacial score (nSPS) is 14.9. The predicted octanol–water partition coefficient (Wildman–Crippen LogP) is 1.67. The summed E-state index contributed by atoms with van der Waals surface area (Å²) >= 11 is 0. The summed E-state index contributed by atoms with van der Waals surface area (Å²) in [6, 6.07) is 0. The molecule has 17 heavy (non-hydrogen) atoms.